The van der Waals surface area contributed by atoms with Gasteiger partial charge < -0.3 is 9.88 Å². The smallest absolute Gasteiger partial charge is 0.221 e. The van der Waals surface area contributed by atoms with Crippen LogP contribution in [-0.2, 0) is 4.79 Å². The molecule has 1 heterocycles. The summed E-state index contributed by atoms with van der Waals surface area (Å²) in [6.45, 7) is 1.46. The molecule has 1 N–H and O–H groups in total. The fourth-order valence-corrected chi connectivity index (χ4v) is 2.36. The molecule has 0 spiro atoms. The Balaban J connectivity index is 1.67. The lowest BCUT2D eigenvalue weighted by atomic mass is 10.1. The minimum atomic E-state index is -0.113. The average Bonchev–Trinajstić information content (AvgIpc) is 3.15. The van der Waals surface area contributed by atoms with Gasteiger partial charge in [-0.25, -0.2) is 4.98 Å². The number of amides is 1. The number of imidazole rings is 1. The molecule has 1 amide bonds. The van der Waals surface area contributed by atoms with E-state index in [-0.39, 0.29) is 11.7 Å². The highest BCUT2D eigenvalue weighted by Crippen LogP contribution is 2.13. The van der Waals surface area contributed by atoms with Crippen molar-refractivity contribution in [1.29, 1.82) is 0 Å². The first-order valence-electron chi connectivity index (χ1n) is 7.80. The van der Waals surface area contributed by atoms with Crippen LogP contribution < -0.4 is 5.32 Å². The normalized spacial score (nSPS) is 10.8. The Kier molecular flexibility index (Phi) is 4.85. The molecule has 0 atom stereocenters. The lowest BCUT2D eigenvalue weighted by Crippen LogP contribution is -2.05. The van der Waals surface area contributed by atoms with Gasteiger partial charge in [-0.15, -0.1) is 0 Å². The molecule has 25 heavy (non-hydrogen) atoms. The number of anilines is 1. The van der Waals surface area contributed by atoms with Crippen LogP contribution in [-0.4, -0.2) is 21.2 Å². The van der Waals surface area contributed by atoms with Crippen molar-refractivity contribution in [1.82, 2.24) is 9.55 Å². The molecule has 124 valence electrons. The molecule has 3 aromatic rings. The maximum atomic E-state index is 12.3. The van der Waals surface area contributed by atoms with Gasteiger partial charge in [-0.3, -0.25) is 9.59 Å². The summed E-state index contributed by atoms with van der Waals surface area (Å²) in [5, 5.41) is 2.70. The zero-order valence-electron chi connectivity index (χ0n) is 13.7. The number of nitrogens with one attached hydrogen (secondary N) is 1. The Bertz CT molecular complexity index is 893. The van der Waals surface area contributed by atoms with E-state index in [2.05, 4.69) is 10.3 Å². The molecule has 0 aliphatic heterocycles. The van der Waals surface area contributed by atoms with E-state index in [9.17, 15) is 9.59 Å². The van der Waals surface area contributed by atoms with Gasteiger partial charge in [0.25, 0.3) is 0 Å². The van der Waals surface area contributed by atoms with Crippen LogP contribution in [0.3, 0.4) is 0 Å². The molecule has 0 radical (unpaired) electrons. The van der Waals surface area contributed by atoms with E-state index in [0.29, 0.717) is 5.56 Å². The van der Waals surface area contributed by atoms with Gasteiger partial charge in [-0.05, 0) is 48.0 Å². The Morgan fingerprint density at radius 1 is 1.04 bits per heavy atom. The van der Waals surface area contributed by atoms with Crippen LogP contribution in [0.25, 0.3) is 11.8 Å². The third kappa shape index (κ3) is 4.29. The zero-order valence-corrected chi connectivity index (χ0v) is 13.7. The van der Waals surface area contributed by atoms with E-state index in [1.807, 2.05) is 35.0 Å². The van der Waals surface area contributed by atoms with E-state index >= 15 is 0 Å². The third-order valence-electron chi connectivity index (χ3n) is 3.61. The molecule has 1 aromatic heterocycles. The maximum absolute atomic E-state index is 12.3. The lowest BCUT2D eigenvalue weighted by molar-refractivity contribution is -0.114. The zero-order chi connectivity index (χ0) is 17.6. The van der Waals surface area contributed by atoms with E-state index in [0.717, 1.165) is 16.9 Å². The van der Waals surface area contributed by atoms with Crippen molar-refractivity contribution in [2.24, 2.45) is 0 Å². The summed E-state index contributed by atoms with van der Waals surface area (Å²) in [6.07, 6.45) is 8.56. The topological polar surface area (TPSA) is 64.0 Å². The molecule has 5 nitrogen and oxygen atoms in total. The van der Waals surface area contributed by atoms with Crippen LogP contribution in [0.1, 0.15) is 22.8 Å². The second-order valence-electron chi connectivity index (χ2n) is 5.52. The monoisotopic (exact) mass is 331 g/mol. The van der Waals surface area contributed by atoms with Crippen LogP contribution in [0.2, 0.25) is 0 Å². The number of carbonyl (C=O) groups is 2. The molecule has 0 bridgehead atoms. The number of allylic oxidation sites excluding steroid dienone is 1. The molecule has 2 aromatic carbocycles. The number of benzene rings is 2. The summed E-state index contributed by atoms with van der Waals surface area (Å²) in [5.74, 6) is -0.180. The van der Waals surface area contributed by atoms with Crippen molar-refractivity contribution in [2.45, 2.75) is 6.92 Å². The number of hydrogen-bond acceptors (Lipinski definition) is 3. The Hall–Kier alpha value is -3.47. The van der Waals surface area contributed by atoms with Gasteiger partial charge in [0.1, 0.15) is 0 Å². The highest BCUT2D eigenvalue weighted by molar-refractivity contribution is 6.06. The highest BCUT2D eigenvalue weighted by atomic mass is 16.1. The first-order valence-corrected chi connectivity index (χ1v) is 7.80. The first-order chi connectivity index (χ1) is 12.1. The number of nitrogens with zero attached hydrogens (tertiary/aromatic N) is 2. The molecular formula is C20H17N3O2. The summed E-state index contributed by atoms with van der Waals surface area (Å²) < 4.78 is 1.88. The standard InChI is InChI=1S/C20H17N3O2/c1-15(24)22-18-7-2-16(3-8-18)4-11-20(25)17-5-9-19(10-6-17)23-13-12-21-14-23/h2-14H,1H3,(H,22,24)/b11-4-. The van der Waals surface area contributed by atoms with Crippen LogP contribution >= 0.6 is 0 Å². The maximum Gasteiger partial charge on any atom is 0.221 e. The van der Waals surface area contributed by atoms with Gasteiger partial charge in [0.05, 0.1) is 6.33 Å². The molecule has 0 aliphatic rings. The fraction of sp³-hybridized carbons (Fsp3) is 0.0500. The fourth-order valence-electron chi connectivity index (χ4n) is 2.36. The molecule has 0 unspecified atom stereocenters. The minimum absolute atomic E-state index is 0.0666. The average molecular weight is 331 g/mol. The second kappa shape index (κ2) is 7.40. The Labute approximate surface area is 145 Å². The van der Waals surface area contributed by atoms with E-state index in [1.54, 1.807) is 48.9 Å². The van der Waals surface area contributed by atoms with Crippen molar-refractivity contribution >= 4 is 23.5 Å². The third-order valence-corrected chi connectivity index (χ3v) is 3.61. The van der Waals surface area contributed by atoms with Crippen molar-refractivity contribution < 1.29 is 9.59 Å². The van der Waals surface area contributed by atoms with Crippen molar-refractivity contribution in [2.75, 3.05) is 5.32 Å². The molecule has 0 saturated heterocycles. The van der Waals surface area contributed by atoms with Crippen molar-refractivity contribution in [3.05, 3.63) is 84.5 Å². The minimum Gasteiger partial charge on any atom is -0.326 e. The van der Waals surface area contributed by atoms with Gasteiger partial charge >= 0.3 is 0 Å². The first kappa shape index (κ1) is 16.4. The number of hydrogen-bond donors (Lipinski definition) is 1. The van der Waals surface area contributed by atoms with E-state index in [1.165, 1.54) is 6.92 Å². The van der Waals surface area contributed by atoms with Crippen LogP contribution in [0.5, 0.6) is 0 Å². The summed E-state index contributed by atoms with van der Waals surface area (Å²) in [7, 11) is 0. The van der Waals surface area contributed by atoms with Crippen molar-refractivity contribution in [3.63, 3.8) is 0 Å². The summed E-state index contributed by atoms with van der Waals surface area (Å²) in [5.41, 5.74) is 3.19. The molecule has 5 heteroatoms. The Morgan fingerprint density at radius 2 is 1.76 bits per heavy atom. The van der Waals surface area contributed by atoms with Crippen LogP contribution in [0.15, 0.2) is 73.3 Å². The number of carbonyl (C=O) groups excluding carboxylic acids is 2. The number of aromatic nitrogens is 2. The quantitative estimate of drug-likeness (QED) is 0.572. The number of ketones is 1. The highest BCUT2D eigenvalue weighted by Gasteiger charge is 2.03. The van der Waals surface area contributed by atoms with Gasteiger partial charge in [0, 0.05) is 36.3 Å². The van der Waals surface area contributed by atoms with Gasteiger partial charge in [-0.2, -0.15) is 0 Å². The predicted molar refractivity (Wildman–Crippen MR) is 97.7 cm³/mol. The van der Waals surface area contributed by atoms with E-state index < -0.39 is 0 Å². The summed E-state index contributed by atoms with van der Waals surface area (Å²) in [6, 6.07) is 14.6. The largest absolute Gasteiger partial charge is 0.326 e. The summed E-state index contributed by atoms with van der Waals surface area (Å²) >= 11 is 0. The SMILES string of the molecule is CC(=O)Nc1ccc(/C=C\C(=O)c2ccc(-n3ccnc3)cc2)cc1. The molecule has 0 fully saturated rings. The van der Waals surface area contributed by atoms with Crippen LogP contribution in [0, 0.1) is 0 Å². The van der Waals surface area contributed by atoms with Gasteiger partial charge in [0.15, 0.2) is 5.78 Å². The predicted octanol–water partition coefficient (Wildman–Crippen LogP) is 3.73. The van der Waals surface area contributed by atoms with Gasteiger partial charge in [-0.1, -0.05) is 18.2 Å². The molecule has 0 saturated carbocycles. The Morgan fingerprint density at radius 3 is 2.36 bits per heavy atom. The lowest BCUT2D eigenvalue weighted by Gasteiger charge is -2.03. The van der Waals surface area contributed by atoms with E-state index in [4.69, 9.17) is 0 Å². The van der Waals surface area contributed by atoms with Crippen LogP contribution in [0.4, 0.5) is 5.69 Å². The van der Waals surface area contributed by atoms with Gasteiger partial charge in [0.2, 0.25) is 5.91 Å². The summed E-state index contributed by atoms with van der Waals surface area (Å²) in [4.78, 5) is 27.3. The number of rotatable bonds is 5. The molecular weight excluding hydrogens is 314 g/mol. The molecule has 0 aliphatic carbocycles. The second-order valence-corrected chi connectivity index (χ2v) is 5.52. The van der Waals surface area contributed by atoms with Crippen molar-refractivity contribution in [3.8, 4) is 5.69 Å². The molecule has 3 rings (SSSR count).